The first kappa shape index (κ1) is 15.3. The van der Waals surface area contributed by atoms with E-state index in [2.05, 4.69) is 67.0 Å². The molecule has 0 fully saturated rings. The van der Waals surface area contributed by atoms with Crippen molar-refractivity contribution in [2.45, 2.75) is 51.6 Å². The van der Waals surface area contributed by atoms with E-state index in [0.717, 1.165) is 0 Å². The minimum atomic E-state index is 0.418. The smallest absolute Gasteiger partial charge is 0.0391 e. The number of thiophene rings is 1. The monoisotopic (exact) mass is 287 g/mol. The topological polar surface area (TPSA) is 12.0 Å². The standard InChI is InChI=1S/C18H25NS/c1-3-4-6-12-17(16-10-7-5-8-11-16)19-15(2)18-13-9-14-20-18/h5,7-11,13-15,17,19H,3-4,6,12H2,1-2H3/t15-,17?/m0/s1. The molecule has 0 saturated carbocycles. The van der Waals surface area contributed by atoms with Crippen molar-refractivity contribution < 1.29 is 0 Å². The van der Waals surface area contributed by atoms with Crippen molar-refractivity contribution in [2.24, 2.45) is 0 Å². The fourth-order valence-electron chi connectivity index (χ4n) is 2.55. The van der Waals surface area contributed by atoms with Crippen LogP contribution in [0.3, 0.4) is 0 Å². The second-order valence-electron chi connectivity index (χ2n) is 5.36. The molecule has 0 aliphatic heterocycles. The highest BCUT2D eigenvalue weighted by Crippen LogP contribution is 2.26. The Balaban J connectivity index is 2.02. The SMILES string of the molecule is CCCCCC(N[C@@H](C)c1cccs1)c1ccccc1. The molecular weight excluding hydrogens is 262 g/mol. The maximum Gasteiger partial charge on any atom is 0.0391 e. The third kappa shape index (κ3) is 4.46. The summed E-state index contributed by atoms with van der Waals surface area (Å²) < 4.78 is 0. The van der Waals surface area contributed by atoms with Crippen LogP contribution in [-0.4, -0.2) is 0 Å². The second-order valence-corrected chi connectivity index (χ2v) is 6.34. The van der Waals surface area contributed by atoms with Crippen LogP contribution in [0.5, 0.6) is 0 Å². The molecule has 1 heterocycles. The molecule has 0 aliphatic carbocycles. The molecule has 2 heteroatoms. The summed E-state index contributed by atoms with van der Waals surface area (Å²) in [6.45, 7) is 4.53. The van der Waals surface area contributed by atoms with Gasteiger partial charge in [-0.2, -0.15) is 0 Å². The van der Waals surface area contributed by atoms with Gasteiger partial charge in [0.1, 0.15) is 0 Å². The average Bonchev–Trinajstić information content (AvgIpc) is 3.01. The van der Waals surface area contributed by atoms with Crippen LogP contribution >= 0.6 is 11.3 Å². The van der Waals surface area contributed by atoms with Gasteiger partial charge >= 0.3 is 0 Å². The summed E-state index contributed by atoms with van der Waals surface area (Å²) >= 11 is 1.83. The van der Waals surface area contributed by atoms with Crippen LogP contribution in [0.25, 0.3) is 0 Å². The van der Waals surface area contributed by atoms with Gasteiger partial charge in [0, 0.05) is 17.0 Å². The lowest BCUT2D eigenvalue weighted by atomic mass is 9.99. The molecule has 2 atom stereocenters. The molecule has 1 nitrogen and oxygen atoms in total. The average molecular weight is 287 g/mol. The first-order chi connectivity index (χ1) is 9.81. The van der Waals surface area contributed by atoms with E-state index in [4.69, 9.17) is 0 Å². The van der Waals surface area contributed by atoms with E-state index >= 15 is 0 Å². The van der Waals surface area contributed by atoms with E-state index in [0.29, 0.717) is 12.1 Å². The van der Waals surface area contributed by atoms with Crippen molar-refractivity contribution in [3.05, 3.63) is 58.3 Å². The van der Waals surface area contributed by atoms with Gasteiger partial charge in [0.2, 0.25) is 0 Å². The zero-order valence-corrected chi connectivity index (χ0v) is 13.3. The van der Waals surface area contributed by atoms with Gasteiger partial charge in [-0.25, -0.2) is 0 Å². The van der Waals surface area contributed by atoms with Gasteiger partial charge in [-0.15, -0.1) is 11.3 Å². The Labute approximate surface area is 127 Å². The van der Waals surface area contributed by atoms with Crippen molar-refractivity contribution >= 4 is 11.3 Å². The number of hydrogen-bond acceptors (Lipinski definition) is 2. The Kier molecular flexibility index (Phi) is 6.28. The van der Waals surface area contributed by atoms with Crippen molar-refractivity contribution in [1.82, 2.24) is 5.32 Å². The van der Waals surface area contributed by atoms with Crippen LogP contribution in [-0.2, 0) is 0 Å². The van der Waals surface area contributed by atoms with Crippen LogP contribution in [0.2, 0.25) is 0 Å². The van der Waals surface area contributed by atoms with E-state index in [1.807, 2.05) is 11.3 Å². The summed E-state index contributed by atoms with van der Waals surface area (Å²) in [5, 5.41) is 5.96. The first-order valence-corrected chi connectivity index (χ1v) is 8.53. The fraction of sp³-hybridized carbons (Fsp3) is 0.444. The largest absolute Gasteiger partial charge is 0.303 e. The van der Waals surface area contributed by atoms with Gasteiger partial charge < -0.3 is 5.32 Å². The van der Waals surface area contributed by atoms with Crippen LogP contribution in [0.4, 0.5) is 0 Å². The van der Waals surface area contributed by atoms with Gasteiger partial charge in [0.15, 0.2) is 0 Å². The third-order valence-corrected chi connectivity index (χ3v) is 4.77. The van der Waals surface area contributed by atoms with Gasteiger partial charge in [0.25, 0.3) is 0 Å². The predicted octanol–water partition coefficient (Wildman–Crippen LogP) is 5.72. The number of benzene rings is 1. The molecule has 108 valence electrons. The van der Waals surface area contributed by atoms with Crippen LogP contribution in [0.1, 0.15) is 62.1 Å². The molecule has 0 radical (unpaired) electrons. The Bertz CT molecular complexity index is 463. The molecular formula is C18H25NS. The van der Waals surface area contributed by atoms with Crippen molar-refractivity contribution in [2.75, 3.05) is 0 Å². The highest BCUT2D eigenvalue weighted by atomic mass is 32.1. The Morgan fingerprint density at radius 2 is 1.85 bits per heavy atom. The Morgan fingerprint density at radius 3 is 2.50 bits per heavy atom. The van der Waals surface area contributed by atoms with E-state index in [9.17, 15) is 0 Å². The fourth-order valence-corrected chi connectivity index (χ4v) is 3.30. The number of unbranched alkanes of at least 4 members (excludes halogenated alkanes) is 2. The second kappa shape index (κ2) is 8.23. The predicted molar refractivity (Wildman–Crippen MR) is 89.2 cm³/mol. The Morgan fingerprint density at radius 1 is 1.05 bits per heavy atom. The summed E-state index contributed by atoms with van der Waals surface area (Å²) in [7, 11) is 0. The molecule has 2 rings (SSSR count). The maximum atomic E-state index is 3.80. The molecule has 0 saturated heterocycles. The molecule has 0 aliphatic rings. The molecule has 20 heavy (non-hydrogen) atoms. The lowest BCUT2D eigenvalue weighted by Gasteiger charge is -2.23. The van der Waals surface area contributed by atoms with Crippen LogP contribution in [0.15, 0.2) is 47.8 Å². The summed E-state index contributed by atoms with van der Waals surface area (Å²) in [5.41, 5.74) is 1.41. The minimum absolute atomic E-state index is 0.418. The van der Waals surface area contributed by atoms with Crippen molar-refractivity contribution in [3.8, 4) is 0 Å². The van der Waals surface area contributed by atoms with Crippen LogP contribution in [0, 0.1) is 0 Å². The molecule has 0 bridgehead atoms. The van der Waals surface area contributed by atoms with Crippen LogP contribution < -0.4 is 5.32 Å². The molecule has 1 aromatic heterocycles. The van der Waals surface area contributed by atoms with Gasteiger partial charge in [-0.05, 0) is 30.4 Å². The van der Waals surface area contributed by atoms with E-state index in [1.165, 1.54) is 36.1 Å². The Hall–Kier alpha value is -1.12. The lowest BCUT2D eigenvalue weighted by Crippen LogP contribution is -2.24. The molecule has 2 aromatic rings. The highest BCUT2D eigenvalue weighted by molar-refractivity contribution is 7.10. The molecule has 1 aromatic carbocycles. The minimum Gasteiger partial charge on any atom is -0.303 e. The third-order valence-electron chi connectivity index (χ3n) is 3.72. The summed E-state index contributed by atoms with van der Waals surface area (Å²) in [4.78, 5) is 1.42. The van der Waals surface area contributed by atoms with E-state index in [1.54, 1.807) is 0 Å². The van der Waals surface area contributed by atoms with Crippen molar-refractivity contribution in [1.29, 1.82) is 0 Å². The number of nitrogens with one attached hydrogen (secondary N) is 1. The van der Waals surface area contributed by atoms with Gasteiger partial charge in [0.05, 0.1) is 0 Å². The summed E-state index contributed by atoms with van der Waals surface area (Å²) in [6, 6.07) is 16.1. The van der Waals surface area contributed by atoms with E-state index < -0.39 is 0 Å². The zero-order chi connectivity index (χ0) is 14.2. The zero-order valence-electron chi connectivity index (χ0n) is 12.5. The maximum absolute atomic E-state index is 3.80. The summed E-state index contributed by atoms with van der Waals surface area (Å²) in [6.07, 6.45) is 5.11. The highest BCUT2D eigenvalue weighted by Gasteiger charge is 2.15. The quantitative estimate of drug-likeness (QED) is 0.612. The number of hydrogen-bond donors (Lipinski definition) is 1. The first-order valence-electron chi connectivity index (χ1n) is 7.65. The summed E-state index contributed by atoms with van der Waals surface area (Å²) in [5.74, 6) is 0. The lowest BCUT2D eigenvalue weighted by molar-refractivity contribution is 0.430. The van der Waals surface area contributed by atoms with Gasteiger partial charge in [-0.1, -0.05) is 62.6 Å². The van der Waals surface area contributed by atoms with Crippen molar-refractivity contribution in [3.63, 3.8) is 0 Å². The normalized spacial score (nSPS) is 14.1. The number of rotatable bonds is 8. The molecule has 1 unspecified atom stereocenters. The molecule has 0 spiro atoms. The molecule has 0 amide bonds. The van der Waals surface area contributed by atoms with Gasteiger partial charge in [-0.3, -0.25) is 0 Å². The van der Waals surface area contributed by atoms with E-state index in [-0.39, 0.29) is 0 Å². The molecule has 1 N–H and O–H groups in total.